The molecule has 2 rings (SSSR count). The Labute approximate surface area is 124 Å². The van der Waals surface area contributed by atoms with E-state index in [0.717, 1.165) is 5.75 Å². The summed E-state index contributed by atoms with van der Waals surface area (Å²) in [6, 6.07) is 0. The summed E-state index contributed by atoms with van der Waals surface area (Å²) in [5, 5.41) is 0.694. The molecule has 1 heterocycles. The normalized spacial score (nSPS) is 35.9. The highest BCUT2D eigenvalue weighted by atomic mass is 32.2. The monoisotopic (exact) mass is 306 g/mol. The predicted molar refractivity (Wildman–Crippen MR) is 83.6 cm³/mol. The first-order valence-corrected chi connectivity index (χ1v) is 9.25. The molecular formula is C13H22O2S3. The van der Waals surface area contributed by atoms with Crippen LogP contribution in [-0.4, -0.2) is 33.4 Å². The maximum atomic E-state index is 11.6. The van der Waals surface area contributed by atoms with Crippen molar-refractivity contribution in [1.82, 2.24) is 0 Å². The Hall–Kier alpha value is 0.520. The van der Waals surface area contributed by atoms with E-state index in [9.17, 15) is 4.79 Å². The average Bonchev–Trinajstić information content (AvgIpc) is 2.72. The molecule has 1 spiro atoms. The zero-order chi connectivity index (χ0) is 13.0. The topological polar surface area (TPSA) is 26.3 Å². The first-order chi connectivity index (χ1) is 8.67. The van der Waals surface area contributed by atoms with Crippen molar-refractivity contribution in [3.05, 3.63) is 0 Å². The Morgan fingerprint density at radius 2 is 2.39 bits per heavy atom. The molecule has 0 amide bonds. The smallest absolute Gasteiger partial charge is 0.306 e. The number of hydrogen-bond acceptors (Lipinski definition) is 5. The summed E-state index contributed by atoms with van der Waals surface area (Å²) in [5.41, 5.74) is 0. The van der Waals surface area contributed by atoms with Gasteiger partial charge in [0.15, 0.2) is 0 Å². The standard InChI is InChI=1S/C13H22O2S3/c1-2-15-12(14)6-10-4-3-5-13(7-10)17-9-11(8-16)18-13/h10-11,16H,2-9H2,1H3. The first kappa shape index (κ1) is 14.9. The summed E-state index contributed by atoms with van der Waals surface area (Å²) in [6.07, 6.45) is 5.52. The molecule has 0 radical (unpaired) electrons. The number of ether oxygens (including phenoxy) is 1. The molecule has 0 bridgehead atoms. The van der Waals surface area contributed by atoms with E-state index in [1.807, 2.05) is 6.92 Å². The van der Waals surface area contributed by atoms with E-state index in [0.29, 0.717) is 28.3 Å². The second-order valence-electron chi connectivity index (χ2n) is 5.12. The van der Waals surface area contributed by atoms with Crippen LogP contribution in [0.5, 0.6) is 0 Å². The van der Waals surface area contributed by atoms with Gasteiger partial charge >= 0.3 is 5.97 Å². The van der Waals surface area contributed by atoms with Crippen molar-refractivity contribution in [3.8, 4) is 0 Å². The molecule has 2 fully saturated rings. The lowest BCUT2D eigenvalue weighted by molar-refractivity contribution is -0.144. The zero-order valence-corrected chi connectivity index (χ0v) is 13.4. The van der Waals surface area contributed by atoms with Crippen LogP contribution in [0, 0.1) is 5.92 Å². The van der Waals surface area contributed by atoms with Crippen LogP contribution < -0.4 is 0 Å². The van der Waals surface area contributed by atoms with Crippen molar-refractivity contribution in [1.29, 1.82) is 0 Å². The highest BCUT2D eigenvalue weighted by molar-refractivity contribution is 8.21. The van der Waals surface area contributed by atoms with Gasteiger partial charge in [0.25, 0.3) is 0 Å². The quantitative estimate of drug-likeness (QED) is 0.634. The van der Waals surface area contributed by atoms with Gasteiger partial charge in [0, 0.05) is 23.2 Å². The molecule has 2 nitrogen and oxygen atoms in total. The number of thiol groups is 1. The van der Waals surface area contributed by atoms with Crippen LogP contribution in [0.4, 0.5) is 0 Å². The summed E-state index contributed by atoms with van der Waals surface area (Å²) in [6.45, 7) is 2.38. The summed E-state index contributed by atoms with van der Waals surface area (Å²) >= 11 is 8.63. The van der Waals surface area contributed by atoms with Crippen LogP contribution >= 0.6 is 36.2 Å². The van der Waals surface area contributed by atoms with Gasteiger partial charge in [-0.1, -0.05) is 6.42 Å². The van der Waals surface area contributed by atoms with E-state index in [-0.39, 0.29) is 5.97 Å². The van der Waals surface area contributed by atoms with Gasteiger partial charge in [0.1, 0.15) is 0 Å². The molecule has 18 heavy (non-hydrogen) atoms. The fraction of sp³-hybridized carbons (Fsp3) is 0.923. The summed E-state index contributed by atoms with van der Waals surface area (Å²) in [7, 11) is 0. The van der Waals surface area contributed by atoms with E-state index in [4.69, 9.17) is 4.74 Å². The Balaban J connectivity index is 1.87. The zero-order valence-electron chi connectivity index (χ0n) is 10.9. The van der Waals surface area contributed by atoms with Gasteiger partial charge in [-0.05, 0) is 32.1 Å². The van der Waals surface area contributed by atoms with Crippen molar-refractivity contribution < 1.29 is 9.53 Å². The minimum absolute atomic E-state index is 0.0155. The molecular weight excluding hydrogens is 284 g/mol. The van der Waals surface area contributed by atoms with Gasteiger partial charge in [-0.15, -0.1) is 23.5 Å². The highest BCUT2D eigenvalue weighted by Crippen LogP contribution is 2.57. The third-order valence-electron chi connectivity index (χ3n) is 3.65. The minimum Gasteiger partial charge on any atom is -0.466 e. The summed E-state index contributed by atoms with van der Waals surface area (Å²) in [4.78, 5) is 11.6. The molecule has 3 atom stereocenters. The molecule has 5 heteroatoms. The van der Waals surface area contributed by atoms with Gasteiger partial charge in [-0.2, -0.15) is 12.6 Å². The van der Waals surface area contributed by atoms with Gasteiger partial charge in [-0.3, -0.25) is 4.79 Å². The van der Waals surface area contributed by atoms with Crippen LogP contribution in [0.2, 0.25) is 0 Å². The SMILES string of the molecule is CCOC(=O)CC1CCCC2(C1)SCC(CS)S2. The van der Waals surface area contributed by atoms with Crippen LogP contribution in [0.3, 0.4) is 0 Å². The van der Waals surface area contributed by atoms with Crippen molar-refractivity contribution in [3.63, 3.8) is 0 Å². The average molecular weight is 307 g/mol. The molecule has 2 aliphatic rings. The fourth-order valence-electron chi connectivity index (χ4n) is 2.88. The molecule has 0 aromatic carbocycles. The maximum absolute atomic E-state index is 11.6. The predicted octanol–water partition coefficient (Wildman–Crippen LogP) is 3.60. The van der Waals surface area contributed by atoms with Gasteiger partial charge in [-0.25, -0.2) is 0 Å². The Kier molecular flexibility index (Phi) is 5.63. The summed E-state index contributed by atoms with van der Waals surface area (Å²) < 4.78 is 5.45. The van der Waals surface area contributed by atoms with E-state index < -0.39 is 0 Å². The second-order valence-corrected chi connectivity index (χ2v) is 8.83. The number of hydrogen-bond donors (Lipinski definition) is 1. The number of esters is 1. The van der Waals surface area contributed by atoms with Crippen LogP contribution in [0.15, 0.2) is 0 Å². The maximum Gasteiger partial charge on any atom is 0.306 e. The van der Waals surface area contributed by atoms with Crippen molar-refractivity contribution in [2.75, 3.05) is 18.1 Å². The Morgan fingerprint density at radius 1 is 1.56 bits per heavy atom. The molecule has 0 aromatic heterocycles. The molecule has 104 valence electrons. The lowest BCUT2D eigenvalue weighted by Crippen LogP contribution is -2.29. The van der Waals surface area contributed by atoms with E-state index in [2.05, 4.69) is 36.2 Å². The number of rotatable bonds is 4. The van der Waals surface area contributed by atoms with Crippen molar-refractivity contribution in [2.24, 2.45) is 5.92 Å². The van der Waals surface area contributed by atoms with Crippen LogP contribution in [-0.2, 0) is 9.53 Å². The third-order valence-corrected chi connectivity index (χ3v) is 8.12. The highest BCUT2D eigenvalue weighted by Gasteiger charge is 2.43. The third kappa shape index (κ3) is 3.76. The van der Waals surface area contributed by atoms with Crippen LogP contribution in [0.1, 0.15) is 39.0 Å². The van der Waals surface area contributed by atoms with E-state index >= 15 is 0 Å². The number of thioether (sulfide) groups is 2. The van der Waals surface area contributed by atoms with Crippen molar-refractivity contribution in [2.45, 2.75) is 48.4 Å². The fourth-order valence-corrected chi connectivity index (χ4v) is 7.29. The van der Waals surface area contributed by atoms with Crippen LogP contribution in [0.25, 0.3) is 0 Å². The lowest BCUT2D eigenvalue weighted by Gasteiger charge is -2.36. The molecule has 1 aliphatic heterocycles. The number of carbonyl (C=O) groups excluding carboxylic acids is 1. The second kappa shape index (κ2) is 6.80. The van der Waals surface area contributed by atoms with Crippen molar-refractivity contribution >= 4 is 42.1 Å². The van der Waals surface area contributed by atoms with Gasteiger partial charge < -0.3 is 4.74 Å². The molecule has 1 saturated carbocycles. The Bertz CT molecular complexity index is 298. The Morgan fingerprint density at radius 3 is 3.06 bits per heavy atom. The molecule has 1 saturated heterocycles. The minimum atomic E-state index is -0.0155. The van der Waals surface area contributed by atoms with E-state index in [1.54, 1.807) is 0 Å². The molecule has 1 aliphatic carbocycles. The van der Waals surface area contributed by atoms with E-state index in [1.165, 1.54) is 31.4 Å². The first-order valence-electron chi connectivity index (χ1n) is 6.75. The molecule has 0 N–H and O–H groups in total. The number of carbonyl (C=O) groups is 1. The molecule has 3 unspecified atom stereocenters. The molecule has 0 aromatic rings. The summed E-state index contributed by atoms with van der Waals surface area (Å²) in [5.74, 6) is 2.71. The largest absolute Gasteiger partial charge is 0.466 e. The van der Waals surface area contributed by atoms with Gasteiger partial charge in [0.05, 0.1) is 10.7 Å². The lowest BCUT2D eigenvalue weighted by atomic mass is 9.86. The van der Waals surface area contributed by atoms with Gasteiger partial charge in [0.2, 0.25) is 0 Å².